The summed E-state index contributed by atoms with van der Waals surface area (Å²) in [6.07, 6.45) is 1.92. The molecule has 0 saturated heterocycles. The van der Waals surface area contributed by atoms with Gasteiger partial charge in [-0.25, -0.2) is 5.43 Å². The van der Waals surface area contributed by atoms with Crippen molar-refractivity contribution in [3.63, 3.8) is 0 Å². The van der Waals surface area contributed by atoms with Crippen LogP contribution in [0.25, 0.3) is 10.8 Å². The predicted molar refractivity (Wildman–Crippen MR) is 135 cm³/mol. The lowest BCUT2D eigenvalue weighted by atomic mass is 10.0. The van der Waals surface area contributed by atoms with Gasteiger partial charge in [-0.1, -0.05) is 83.9 Å². The monoisotopic (exact) mass is 456 g/mol. The highest BCUT2D eigenvalue weighted by Gasteiger charge is 2.10. The molecule has 0 aliphatic rings. The molecule has 4 rings (SSSR count). The largest absolute Gasteiger partial charge is 0.488 e. The molecule has 0 spiro atoms. The number of halogens is 1. The van der Waals surface area contributed by atoms with E-state index in [1.54, 1.807) is 6.21 Å². The number of rotatable bonds is 7. The van der Waals surface area contributed by atoms with E-state index in [2.05, 4.69) is 16.6 Å². The van der Waals surface area contributed by atoms with E-state index >= 15 is 0 Å². The van der Waals surface area contributed by atoms with Crippen LogP contribution in [0.2, 0.25) is 5.02 Å². The molecule has 4 aromatic carbocycles. The van der Waals surface area contributed by atoms with Gasteiger partial charge < -0.3 is 4.74 Å². The summed E-state index contributed by atoms with van der Waals surface area (Å²) in [5.41, 5.74) is 7.61. The van der Waals surface area contributed by atoms with Crippen LogP contribution in [0.5, 0.6) is 5.75 Å². The van der Waals surface area contributed by atoms with E-state index in [9.17, 15) is 4.79 Å². The highest BCUT2D eigenvalue weighted by Crippen LogP contribution is 2.28. The van der Waals surface area contributed by atoms with Gasteiger partial charge in [0, 0.05) is 16.1 Å². The van der Waals surface area contributed by atoms with Crippen LogP contribution < -0.4 is 10.2 Å². The third-order valence-corrected chi connectivity index (χ3v) is 5.87. The molecule has 0 aliphatic carbocycles. The first kappa shape index (κ1) is 22.6. The number of carbonyl (C=O) groups is 1. The van der Waals surface area contributed by atoms with Crippen LogP contribution in [0, 0.1) is 13.8 Å². The number of nitrogens with one attached hydrogen (secondary N) is 1. The van der Waals surface area contributed by atoms with E-state index in [-0.39, 0.29) is 12.3 Å². The molecule has 0 atom stereocenters. The molecule has 0 fully saturated rings. The second-order valence-corrected chi connectivity index (χ2v) is 8.39. The third-order valence-electron chi connectivity index (χ3n) is 5.50. The number of hydrazone groups is 1. The van der Waals surface area contributed by atoms with Gasteiger partial charge in [0.2, 0.25) is 5.91 Å². The Morgan fingerprint density at radius 2 is 1.76 bits per heavy atom. The maximum Gasteiger partial charge on any atom is 0.244 e. The molecule has 0 bridgehead atoms. The minimum atomic E-state index is -0.169. The van der Waals surface area contributed by atoms with Crippen LogP contribution in [-0.4, -0.2) is 12.1 Å². The average Bonchev–Trinajstić information content (AvgIpc) is 2.81. The quantitative estimate of drug-likeness (QED) is 0.259. The standard InChI is InChI=1S/C28H25ClN2O2/c1-19-11-12-22(20(2)15-19)16-28(32)31-30-17-25-24-9-5-3-7-21(24)13-14-27(25)33-18-23-8-4-6-10-26(23)29/h3-15,17H,16,18H2,1-2H3,(H,31,32)/b30-17+. The van der Waals surface area contributed by atoms with E-state index in [0.29, 0.717) is 17.4 Å². The molecule has 0 heterocycles. The lowest BCUT2D eigenvalue weighted by Crippen LogP contribution is -2.20. The molecule has 0 saturated carbocycles. The maximum atomic E-state index is 12.5. The minimum absolute atomic E-state index is 0.169. The molecule has 0 unspecified atom stereocenters. The number of amides is 1. The van der Waals surface area contributed by atoms with E-state index in [1.807, 2.05) is 86.6 Å². The smallest absolute Gasteiger partial charge is 0.244 e. The van der Waals surface area contributed by atoms with Crippen LogP contribution in [0.15, 0.2) is 84.0 Å². The Morgan fingerprint density at radius 3 is 2.58 bits per heavy atom. The van der Waals surface area contributed by atoms with Gasteiger partial charge in [0.15, 0.2) is 0 Å². The lowest BCUT2D eigenvalue weighted by molar-refractivity contribution is -0.120. The van der Waals surface area contributed by atoms with Crippen molar-refractivity contribution in [2.45, 2.75) is 26.9 Å². The number of ether oxygens (including phenoxy) is 1. The Balaban J connectivity index is 1.53. The van der Waals surface area contributed by atoms with Crippen LogP contribution in [-0.2, 0) is 17.8 Å². The Bertz CT molecular complexity index is 1330. The summed E-state index contributed by atoms with van der Waals surface area (Å²) in [7, 11) is 0. The van der Waals surface area contributed by atoms with Crippen molar-refractivity contribution in [2.75, 3.05) is 0 Å². The van der Waals surface area contributed by atoms with Crippen LogP contribution in [0.3, 0.4) is 0 Å². The van der Waals surface area contributed by atoms with Crippen molar-refractivity contribution in [1.29, 1.82) is 0 Å². The molecule has 0 radical (unpaired) electrons. The lowest BCUT2D eigenvalue weighted by Gasteiger charge is -2.12. The highest BCUT2D eigenvalue weighted by molar-refractivity contribution is 6.31. The molecular formula is C28H25ClN2O2. The number of nitrogens with zero attached hydrogens (tertiary/aromatic N) is 1. The summed E-state index contributed by atoms with van der Waals surface area (Å²) in [5, 5.41) is 6.95. The molecule has 4 aromatic rings. The van der Waals surface area contributed by atoms with Gasteiger partial charge in [0.1, 0.15) is 12.4 Å². The molecule has 1 amide bonds. The van der Waals surface area contributed by atoms with Crippen molar-refractivity contribution < 1.29 is 9.53 Å². The van der Waals surface area contributed by atoms with Gasteiger partial charge in [0.25, 0.3) is 0 Å². The molecule has 33 heavy (non-hydrogen) atoms. The van der Waals surface area contributed by atoms with Crippen LogP contribution >= 0.6 is 11.6 Å². The summed E-state index contributed by atoms with van der Waals surface area (Å²) < 4.78 is 6.10. The van der Waals surface area contributed by atoms with Crippen molar-refractivity contribution >= 4 is 34.5 Å². The molecule has 1 N–H and O–H groups in total. The average molecular weight is 457 g/mol. The Hall–Kier alpha value is -3.63. The SMILES string of the molecule is Cc1ccc(CC(=O)N/N=C/c2c(OCc3ccccc3Cl)ccc3ccccc23)c(C)c1. The molecule has 5 heteroatoms. The first-order chi connectivity index (χ1) is 16.0. The van der Waals surface area contributed by atoms with Gasteiger partial charge in [-0.2, -0.15) is 5.10 Å². The van der Waals surface area contributed by atoms with Crippen molar-refractivity contribution in [3.8, 4) is 5.75 Å². The van der Waals surface area contributed by atoms with Gasteiger partial charge in [-0.15, -0.1) is 0 Å². The first-order valence-corrected chi connectivity index (χ1v) is 11.1. The number of hydrogen-bond donors (Lipinski definition) is 1. The predicted octanol–water partition coefficient (Wildman–Crippen LogP) is 6.38. The zero-order chi connectivity index (χ0) is 23.2. The fraction of sp³-hybridized carbons (Fsp3) is 0.143. The molecule has 0 aliphatic heterocycles. The van der Waals surface area contributed by atoms with Crippen LogP contribution in [0.1, 0.15) is 27.8 Å². The van der Waals surface area contributed by atoms with Gasteiger partial charge in [-0.05, 0) is 47.9 Å². The summed E-state index contributed by atoms with van der Waals surface area (Å²) in [4.78, 5) is 12.5. The number of carbonyl (C=O) groups excluding carboxylic acids is 1. The second kappa shape index (κ2) is 10.3. The van der Waals surface area contributed by atoms with E-state index in [1.165, 1.54) is 5.56 Å². The molecule has 166 valence electrons. The van der Waals surface area contributed by atoms with Gasteiger partial charge in [-0.3, -0.25) is 4.79 Å². The fourth-order valence-corrected chi connectivity index (χ4v) is 3.92. The summed E-state index contributed by atoms with van der Waals surface area (Å²) in [6, 6.07) is 25.6. The molecule has 4 nitrogen and oxygen atoms in total. The Labute approximate surface area is 198 Å². The molecular weight excluding hydrogens is 432 g/mol. The maximum absolute atomic E-state index is 12.5. The molecule has 0 aromatic heterocycles. The van der Waals surface area contributed by atoms with Gasteiger partial charge in [0.05, 0.1) is 12.6 Å². The van der Waals surface area contributed by atoms with Crippen LogP contribution in [0.4, 0.5) is 0 Å². The fourth-order valence-electron chi connectivity index (χ4n) is 3.73. The third kappa shape index (κ3) is 5.60. The number of fused-ring (bicyclic) bond motifs is 1. The summed E-state index contributed by atoms with van der Waals surface area (Å²) in [6.45, 7) is 4.38. The topological polar surface area (TPSA) is 50.7 Å². The van der Waals surface area contributed by atoms with Crippen molar-refractivity contribution in [1.82, 2.24) is 5.43 Å². The number of aryl methyl sites for hydroxylation is 2. The first-order valence-electron chi connectivity index (χ1n) is 10.8. The van der Waals surface area contributed by atoms with Crippen molar-refractivity contribution in [3.05, 3.63) is 112 Å². The zero-order valence-electron chi connectivity index (χ0n) is 18.6. The second-order valence-electron chi connectivity index (χ2n) is 7.98. The van der Waals surface area contributed by atoms with Crippen molar-refractivity contribution in [2.24, 2.45) is 5.10 Å². The van der Waals surface area contributed by atoms with E-state index in [4.69, 9.17) is 16.3 Å². The van der Waals surface area contributed by atoms with E-state index in [0.717, 1.165) is 33.0 Å². The Morgan fingerprint density at radius 1 is 0.970 bits per heavy atom. The Kier molecular flexibility index (Phi) is 7.06. The minimum Gasteiger partial charge on any atom is -0.488 e. The normalized spacial score (nSPS) is 11.1. The number of benzene rings is 4. The number of hydrogen-bond acceptors (Lipinski definition) is 3. The van der Waals surface area contributed by atoms with E-state index < -0.39 is 0 Å². The summed E-state index contributed by atoms with van der Waals surface area (Å²) >= 11 is 6.28. The van der Waals surface area contributed by atoms with Gasteiger partial charge >= 0.3 is 0 Å². The zero-order valence-corrected chi connectivity index (χ0v) is 19.4. The highest BCUT2D eigenvalue weighted by atomic mass is 35.5. The summed E-state index contributed by atoms with van der Waals surface area (Å²) in [5.74, 6) is 0.498.